The Balaban J connectivity index is 1.24. The second kappa shape index (κ2) is 9.62. The Kier molecular flexibility index (Phi) is 6.26. The van der Waals surface area contributed by atoms with Crippen molar-refractivity contribution >= 4 is 11.7 Å². The Hall–Kier alpha value is -3.39. The lowest BCUT2D eigenvalue weighted by Crippen LogP contribution is -2.34. The van der Waals surface area contributed by atoms with Gasteiger partial charge >= 0.3 is 6.03 Å². The van der Waals surface area contributed by atoms with Crippen LogP contribution < -0.4 is 10.1 Å². The first-order valence-electron chi connectivity index (χ1n) is 11.5. The van der Waals surface area contributed by atoms with Gasteiger partial charge in [0, 0.05) is 37.8 Å². The van der Waals surface area contributed by atoms with Crippen LogP contribution in [0.5, 0.6) is 5.75 Å². The van der Waals surface area contributed by atoms with Gasteiger partial charge in [-0.1, -0.05) is 29.4 Å². The number of rotatable bonds is 5. The van der Waals surface area contributed by atoms with Crippen LogP contribution in [0.25, 0.3) is 11.5 Å². The molecule has 2 aliphatic rings. The number of benzene rings is 2. The standard InChI is InChI=1S/C25H28N4O4/c1-17-5-4-6-19(15-17)26-25(30)29-12-9-20(16-29)32-22-8-3-2-7-21(22)24-27-23(28-33-24)18-10-13-31-14-11-18/h2-8,15,18,20H,9-14,16H2,1H3,(H,26,30). The van der Waals surface area contributed by atoms with E-state index >= 15 is 0 Å². The van der Waals surface area contributed by atoms with Crippen LogP contribution in [0.1, 0.15) is 36.6 Å². The summed E-state index contributed by atoms with van der Waals surface area (Å²) in [5.74, 6) is 2.13. The van der Waals surface area contributed by atoms with Crippen molar-refractivity contribution in [2.75, 3.05) is 31.6 Å². The average Bonchev–Trinajstić information content (AvgIpc) is 3.50. The minimum absolute atomic E-state index is 0.104. The largest absolute Gasteiger partial charge is 0.488 e. The number of carbonyl (C=O) groups is 1. The Morgan fingerprint density at radius 2 is 1.97 bits per heavy atom. The summed E-state index contributed by atoms with van der Waals surface area (Å²) >= 11 is 0. The smallest absolute Gasteiger partial charge is 0.321 e. The zero-order chi connectivity index (χ0) is 22.6. The summed E-state index contributed by atoms with van der Waals surface area (Å²) in [4.78, 5) is 19.1. The molecule has 3 heterocycles. The Labute approximate surface area is 192 Å². The van der Waals surface area contributed by atoms with E-state index in [1.807, 2.05) is 55.5 Å². The molecule has 5 rings (SSSR count). The molecule has 0 aliphatic carbocycles. The van der Waals surface area contributed by atoms with Crippen LogP contribution in [-0.4, -0.2) is 53.5 Å². The third kappa shape index (κ3) is 5.01. The maximum atomic E-state index is 12.7. The van der Waals surface area contributed by atoms with Crippen molar-refractivity contribution in [3.8, 4) is 17.2 Å². The van der Waals surface area contributed by atoms with Gasteiger partial charge in [-0.05, 0) is 49.6 Å². The van der Waals surface area contributed by atoms with E-state index < -0.39 is 0 Å². The predicted molar refractivity (Wildman–Crippen MR) is 123 cm³/mol. The van der Waals surface area contributed by atoms with Crippen molar-refractivity contribution < 1.29 is 18.8 Å². The van der Waals surface area contributed by atoms with E-state index in [4.69, 9.17) is 14.0 Å². The molecule has 172 valence electrons. The molecule has 8 nitrogen and oxygen atoms in total. The average molecular weight is 449 g/mol. The fraction of sp³-hybridized carbons (Fsp3) is 0.400. The molecule has 3 aromatic rings. The first kappa shape index (κ1) is 21.5. The van der Waals surface area contributed by atoms with Gasteiger partial charge < -0.3 is 24.2 Å². The lowest BCUT2D eigenvalue weighted by molar-refractivity contribution is 0.0830. The molecule has 0 saturated carbocycles. The fourth-order valence-corrected chi connectivity index (χ4v) is 4.33. The summed E-state index contributed by atoms with van der Waals surface area (Å²) in [7, 11) is 0. The van der Waals surface area contributed by atoms with Gasteiger partial charge in [0.05, 0.1) is 12.1 Å². The van der Waals surface area contributed by atoms with Gasteiger partial charge in [-0.2, -0.15) is 4.98 Å². The molecule has 0 bridgehead atoms. The number of hydrogen-bond donors (Lipinski definition) is 1. The van der Waals surface area contributed by atoms with Crippen LogP contribution in [0.4, 0.5) is 10.5 Å². The molecule has 8 heteroatoms. The number of amides is 2. The number of ether oxygens (including phenoxy) is 2. The van der Waals surface area contributed by atoms with Crippen molar-refractivity contribution in [1.82, 2.24) is 15.0 Å². The number of aromatic nitrogens is 2. The summed E-state index contributed by atoms with van der Waals surface area (Å²) in [5, 5.41) is 7.18. The third-order valence-corrected chi connectivity index (χ3v) is 6.14. The molecule has 2 aliphatic heterocycles. The van der Waals surface area contributed by atoms with E-state index in [0.29, 0.717) is 24.7 Å². The number of likely N-dealkylation sites (tertiary alicyclic amines) is 1. The van der Waals surface area contributed by atoms with Gasteiger partial charge in [0.1, 0.15) is 11.9 Å². The van der Waals surface area contributed by atoms with Crippen LogP contribution in [0, 0.1) is 6.92 Å². The van der Waals surface area contributed by atoms with E-state index in [0.717, 1.165) is 55.1 Å². The number of nitrogens with one attached hydrogen (secondary N) is 1. The number of anilines is 1. The van der Waals surface area contributed by atoms with Crippen molar-refractivity contribution in [1.29, 1.82) is 0 Å². The summed E-state index contributed by atoms with van der Waals surface area (Å²) in [6.45, 7) is 4.61. The number of carbonyl (C=O) groups excluding carboxylic acids is 1. The van der Waals surface area contributed by atoms with Crippen LogP contribution in [0.2, 0.25) is 0 Å². The van der Waals surface area contributed by atoms with Crippen LogP contribution in [0.15, 0.2) is 53.1 Å². The van der Waals surface area contributed by atoms with E-state index in [-0.39, 0.29) is 18.1 Å². The first-order valence-corrected chi connectivity index (χ1v) is 11.5. The molecule has 0 spiro atoms. The monoisotopic (exact) mass is 448 g/mol. The zero-order valence-corrected chi connectivity index (χ0v) is 18.7. The highest BCUT2D eigenvalue weighted by Gasteiger charge is 2.29. The van der Waals surface area contributed by atoms with E-state index in [1.165, 1.54) is 0 Å². The quantitative estimate of drug-likeness (QED) is 0.612. The van der Waals surface area contributed by atoms with Crippen molar-refractivity contribution in [3.05, 3.63) is 59.9 Å². The van der Waals surface area contributed by atoms with Crippen LogP contribution in [-0.2, 0) is 4.74 Å². The normalized spacial score (nSPS) is 18.9. The van der Waals surface area contributed by atoms with Crippen molar-refractivity contribution in [3.63, 3.8) is 0 Å². The van der Waals surface area contributed by atoms with Crippen LogP contribution in [0.3, 0.4) is 0 Å². The van der Waals surface area contributed by atoms with Gasteiger partial charge in [-0.3, -0.25) is 0 Å². The summed E-state index contributed by atoms with van der Waals surface area (Å²) < 4.78 is 17.3. The van der Waals surface area contributed by atoms with Crippen molar-refractivity contribution in [2.24, 2.45) is 0 Å². The highest BCUT2D eigenvalue weighted by Crippen LogP contribution is 2.33. The lowest BCUT2D eigenvalue weighted by Gasteiger charge is -2.19. The summed E-state index contributed by atoms with van der Waals surface area (Å²) in [6.07, 6.45) is 2.46. The number of nitrogens with zero attached hydrogens (tertiary/aromatic N) is 3. The molecule has 2 aromatic carbocycles. The minimum atomic E-state index is -0.113. The van der Waals surface area contributed by atoms with E-state index in [9.17, 15) is 4.79 Å². The molecule has 1 N–H and O–H groups in total. The molecule has 1 aromatic heterocycles. The van der Waals surface area contributed by atoms with Gasteiger partial charge in [-0.15, -0.1) is 0 Å². The van der Waals surface area contributed by atoms with Gasteiger partial charge in [0.2, 0.25) is 0 Å². The molecule has 33 heavy (non-hydrogen) atoms. The Morgan fingerprint density at radius 1 is 1.12 bits per heavy atom. The molecule has 1 atom stereocenters. The lowest BCUT2D eigenvalue weighted by atomic mass is 10.00. The van der Waals surface area contributed by atoms with Crippen LogP contribution >= 0.6 is 0 Å². The third-order valence-electron chi connectivity index (χ3n) is 6.14. The fourth-order valence-electron chi connectivity index (χ4n) is 4.33. The van der Waals surface area contributed by atoms with Gasteiger partial charge in [-0.25, -0.2) is 4.79 Å². The number of urea groups is 1. The Morgan fingerprint density at radius 3 is 2.82 bits per heavy atom. The maximum absolute atomic E-state index is 12.7. The van der Waals surface area contributed by atoms with E-state index in [1.54, 1.807) is 4.90 Å². The molecule has 2 fully saturated rings. The molecule has 2 saturated heterocycles. The summed E-state index contributed by atoms with van der Waals surface area (Å²) in [5.41, 5.74) is 2.67. The van der Waals surface area contributed by atoms with Gasteiger partial charge in [0.25, 0.3) is 5.89 Å². The summed E-state index contributed by atoms with van der Waals surface area (Å²) in [6, 6.07) is 15.4. The molecular formula is C25H28N4O4. The maximum Gasteiger partial charge on any atom is 0.321 e. The SMILES string of the molecule is Cc1cccc(NC(=O)N2CCC(Oc3ccccc3-c3nc(C4CCOCC4)no3)C2)c1. The highest BCUT2D eigenvalue weighted by molar-refractivity contribution is 5.89. The second-order valence-corrected chi connectivity index (χ2v) is 8.61. The van der Waals surface area contributed by atoms with Crippen molar-refractivity contribution in [2.45, 2.75) is 38.2 Å². The second-order valence-electron chi connectivity index (χ2n) is 8.61. The topological polar surface area (TPSA) is 89.7 Å². The predicted octanol–water partition coefficient (Wildman–Crippen LogP) is 4.62. The molecule has 2 amide bonds. The minimum Gasteiger partial charge on any atom is -0.488 e. The first-order chi connectivity index (χ1) is 16.2. The number of para-hydroxylation sites is 1. The number of hydrogen-bond acceptors (Lipinski definition) is 6. The molecule has 0 radical (unpaired) electrons. The molecular weight excluding hydrogens is 420 g/mol. The van der Waals surface area contributed by atoms with Gasteiger partial charge in [0.15, 0.2) is 5.82 Å². The zero-order valence-electron chi connectivity index (χ0n) is 18.7. The number of aryl methyl sites for hydroxylation is 1. The molecule has 1 unspecified atom stereocenters. The highest BCUT2D eigenvalue weighted by atomic mass is 16.5. The Bertz CT molecular complexity index is 1110. The van der Waals surface area contributed by atoms with E-state index in [2.05, 4.69) is 15.5 Å².